The third-order valence-corrected chi connectivity index (χ3v) is 6.51. The summed E-state index contributed by atoms with van der Waals surface area (Å²) in [5.41, 5.74) is 2.98. The number of hydrogen-bond acceptors (Lipinski definition) is 3. The van der Waals surface area contributed by atoms with Crippen LogP contribution in [0.4, 0.5) is 0 Å². The van der Waals surface area contributed by atoms with Gasteiger partial charge in [0.1, 0.15) is 5.82 Å². The van der Waals surface area contributed by atoms with E-state index in [4.69, 9.17) is 0 Å². The summed E-state index contributed by atoms with van der Waals surface area (Å²) in [6.07, 6.45) is 13.4. The molecule has 3 heterocycles. The molecule has 6 nitrogen and oxygen atoms in total. The van der Waals surface area contributed by atoms with Crippen LogP contribution in [0, 0.1) is 5.92 Å². The molecule has 0 spiro atoms. The predicted octanol–water partition coefficient (Wildman–Crippen LogP) is 2.91. The van der Waals surface area contributed by atoms with Crippen molar-refractivity contribution < 1.29 is 4.79 Å². The van der Waals surface area contributed by atoms with Gasteiger partial charge in [-0.1, -0.05) is 6.42 Å². The summed E-state index contributed by atoms with van der Waals surface area (Å²) < 4.78 is 2.34. The van der Waals surface area contributed by atoms with Gasteiger partial charge in [-0.25, -0.2) is 4.98 Å². The van der Waals surface area contributed by atoms with Crippen LogP contribution < -0.4 is 0 Å². The number of nitrogens with zero attached hydrogens (tertiary/aromatic N) is 4. The first kappa shape index (κ1) is 16.1. The third kappa shape index (κ3) is 2.75. The second-order valence-corrected chi connectivity index (χ2v) is 8.21. The average molecular weight is 353 g/mol. The molecule has 26 heavy (non-hydrogen) atoms. The van der Waals surface area contributed by atoms with Crippen LogP contribution in [0.15, 0.2) is 12.4 Å². The smallest absolute Gasteiger partial charge is 0.274 e. The van der Waals surface area contributed by atoms with E-state index in [9.17, 15) is 4.79 Å². The molecule has 1 amide bonds. The molecule has 0 aromatic carbocycles. The van der Waals surface area contributed by atoms with Crippen LogP contribution in [0.2, 0.25) is 0 Å². The van der Waals surface area contributed by atoms with Crippen LogP contribution in [0.5, 0.6) is 0 Å². The number of aromatic nitrogens is 4. The summed E-state index contributed by atoms with van der Waals surface area (Å²) in [5, 5.41) is 7.41. The first-order chi connectivity index (χ1) is 12.8. The van der Waals surface area contributed by atoms with Crippen LogP contribution in [-0.2, 0) is 19.4 Å². The molecule has 1 saturated heterocycles. The number of rotatable bonds is 4. The molecule has 1 unspecified atom stereocenters. The second-order valence-electron chi connectivity index (χ2n) is 8.21. The Kier molecular flexibility index (Phi) is 4.06. The number of amides is 1. The lowest BCUT2D eigenvalue weighted by Crippen LogP contribution is -2.40. The van der Waals surface area contributed by atoms with Gasteiger partial charge in [-0.15, -0.1) is 0 Å². The molecule has 0 bridgehead atoms. The minimum absolute atomic E-state index is 0.103. The standard InChI is InChI=1S/C20H27N5O/c26-20(18-16-7-2-8-17(16)22-23-18)25-10-3-6-15(13-25)19-21-9-11-24(19)12-14-4-1-5-14/h9,11,14-15H,1-8,10,12-13H2,(H,22,23). The normalized spacial score (nSPS) is 23.1. The number of aromatic amines is 1. The number of hydrogen-bond donors (Lipinski definition) is 1. The summed E-state index contributed by atoms with van der Waals surface area (Å²) in [5.74, 6) is 2.43. The van der Waals surface area contributed by atoms with Crippen molar-refractivity contribution in [2.75, 3.05) is 13.1 Å². The van der Waals surface area contributed by atoms with Gasteiger partial charge in [0, 0.05) is 49.2 Å². The Balaban J connectivity index is 1.32. The van der Waals surface area contributed by atoms with Crippen LogP contribution in [0.25, 0.3) is 0 Å². The lowest BCUT2D eigenvalue weighted by Gasteiger charge is -2.33. The van der Waals surface area contributed by atoms with Crippen LogP contribution in [-0.4, -0.2) is 43.6 Å². The van der Waals surface area contributed by atoms with Gasteiger partial charge in [0.15, 0.2) is 5.69 Å². The predicted molar refractivity (Wildman–Crippen MR) is 98.1 cm³/mol. The van der Waals surface area contributed by atoms with Crippen molar-refractivity contribution in [1.29, 1.82) is 0 Å². The molecule has 1 atom stereocenters. The van der Waals surface area contributed by atoms with Gasteiger partial charge in [0.2, 0.25) is 0 Å². The largest absolute Gasteiger partial charge is 0.337 e. The minimum atomic E-state index is 0.103. The topological polar surface area (TPSA) is 66.8 Å². The molecule has 2 aliphatic carbocycles. The van der Waals surface area contributed by atoms with Crippen molar-refractivity contribution in [2.24, 2.45) is 5.92 Å². The maximum Gasteiger partial charge on any atom is 0.274 e. The van der Waals surface area contributed by atoms with Crippen molar-refractivity contribution in [1.82, 2.24) is 24.6 Å². The number of fused-ring (bicyclic) bond motifs is 1. The average Bonchev–Trinajstić information content (AvgIpc) is 3.34. The summed E-state index contributed by atoms with van der Waals surface area (Å²) >= 11 is 0. The fourth-order valence-electron chi connectivity index (χ4n) is 4.81. The van der Waals surface area contributed by atoms with Gasteiger partial charge >= 0.3 is 0 Å². The van der Waals surface area contributed by atoms with E-state index in [0.717, 1.165) is 68.9 Å². The summed E-state index contributed by atoms with van der Waals surface area (Å²) in [7, 11) is 0. The first-order valence-corrected chi connectivity index (χ1v) is 10.2. The highest BCUT2D eigenvalue weighted by Gasteiger charge is 2.32. The number of piperidine rings is 1. The quantitative estimate of drug-likeness (QED) is 0.919. The number of carbonyl (C=O) groups is 1. The van der Waals surface area contributed by atoms with Crippen LogP contribution in [0.1, 0.15) is 72.0 Å². The number of carbonyl (C=O) groups excluding carboxylic acids is 1. The van der Waals surface area contributed by atoms with Crippen LogP contribution >= 0.6 is 0 Å². The zero-order valence-electron chi connectivity index (χ0n) is 15.3. The molecule has 2 aromatic heterocycles. The monoisotopic (exact) mass is 353 g/mol. The van der Waals surface area contributed by atoms with Crippen molar-refractivity contribution in [3.05, 3.63) is 35.2 Å². The van der Waals surface area contributed by atoms with Crippen molar-refractivity contribution in [3.8, 4) is 0 Å². The molecule has 2 fully saturated rings. The van der Waals surface area contributed by atoms with Crippen molar-refractivity contribution >= 4 is 5.91 Å². The Labute approximate surface area is 154 Å². The van der Waals surface area contributed by atoms with Crippen LogP contribution in [0.3, 0.4) is 0 Å². The van der Waals surface area contributed by atoms with E-state index in [1.165, 1.54) is 25.1 Å². The number of aryl methyl sites for hydroxylation is 1. The SMILES string of the molecule is O=C(c1n[nH]c2c1CCC2)N1CCCC(c2nccn2CC2CCC2)C1. The number of imidazole rings is 1. The third-order valence-electron chi connectivity index (χ3n) is 6.51. The molecule has 5 rings (SSSR count). The zero-order valence-corrected chi connectivity index (χ0v) is 15.3. The lowest BCUT2D eigenvalue weighted by molar-refractivity contribution is 0.0695. The van der Waals surface area contributed by atoms with Crippen molar-refractivity contribution in [3.63, 3.8) is 0 Å². The van der Waals surface area contributed by atoms with E-state index in [2.05, 4.69) is 25.9 Å². The van der Waals surface area contributed by atoms with E-state index in [0.29, 0.717) is 11.6 Å². The molecule has 3 aliphatic rings. The Morgan fingerprint density at radius 2 is 2.12 bits per heavy atom. The maximum absolute atomic E-state index is 13.1. The second kappa shape index (κ2) is 6.56. The van der Waals surface area contributed by atoms with Gasteiger partial charge in [-0.3, -0.25) is 9.89 Å². The molecule has 138 valence electrons. The van der Waals surface area contributed by atoms with E-state index >= 15 is 0 Å². The Bertz CT molecular complexity index is 803. The maximum atomic E-state index is 13.1. The summed E-state index contributed by atoms with van der Waals surface area (Å²) in [4.78, 5) is 19.7. The zero-order chi connectivity index (χ0) is 17.5. The Hall–Kier alpha value is -2.11. The summed E-state index contributed by atoms with van der Waals surface area (Å²) in [6.45, 7) is 2.69. The molecule has 6 heteroatoms. The molecule has 1 N–H and O–H groups in total. The van der Waals surface area contributed by atoms with Gasteiger partial charge < -0.3 is 9.47 Å². The molecule has 1 aliphatic heterocycles. The Morgan fingerprint density at radius 1 is 1.19 bits per heavy atom. The highest BCUT2D eigenvalue weighted by Crippen LogP contribution is 2.32. The van der Waals surface area contributed by atoms with E-state index in [1.807, 2.05) is 11.1 Å². The first-order valence-electron chi connectivity index (χ1n) is 10.2. The van der Waals surface area contributed by atoms with Crippen molar-refractivity contribution in [2.45, 2.75) is 63.8 Å². The highest BCUT2D eigenvalue weighted by atomic mass is 16.2. The number of likely N-dealkylation sites (tertiary alicyclic amines) is 1. The minimum Gasteiger partial charge on any atom is -0.337 e. The molecule has 2 aromatic rings. The number of nitrogens with one attached hydrogen (secondary N) is 1. The van der Waals surface area contributed by atoms with Gasteiger partial charge in [0.05, 0.1) is 0 Å². The fraction of sp³-hybridized carbons (Fsp3) is 0.650. The summed E-state index contributed by atoms with van der Waals surface area (Å²) in [6, 6.07) is 0. The van der Waals surface area contributed by atoms with E-state index < -0.39 is 0 Å². The molecule has 1 saturated carbocycles. The van der Waals surface area contributed by atoms with E-state index in [-0.39, 0.29) is 5.91 Å². The highest BCUT2D eigenvalue weighted by molar-refractivity contribution is 5.94. The molecular weight excluding hydrogens is 326 g/mol. The molecular formula is C20H27N5O. The van der Waals surface area contributed by atoms with Gasteiger partial charge in [0.25, 0.3) is 5.91 Å². The molecule has 0 radical (unpaired) electrons. The Morgan fingerprint density at radius 3 is 2.96 bits per heavy atom. The van der Waals surface area contributed by atoms with Gasteiger partial charge in [-0.05, 0) is 50.9 Å². The lowest BCUT2D eigenvalue weighted by atomic mass is 9.85. The van der Waals surface area contributed by atoms with Gasteiger partial charge in [-0.2, -0.15) is 5.10 Å². The van der Waals surface area contributed by atoms with E-state index in [1.54, 1.807) is 0 Å². The fourth-order valence-corrected chi connectivity index (χ4v) is 4.81. The number of H-pyrrole nitrogens is 1.